The van der Waals surface area contributed by atoms with E-state index in [2.05, 4.69) is 25.7 Å². The van der Waals surface area contributed by atoms with Crippen LogP contribution in [-0.4, -0.2) is 22.9 Å². The second-order valence-corrected chi connectivity index (χ2v) is 9.93. The number of carbonyl (C=O) groups is 1. The molecule has 2 nitrogen and oxygen atoms in total. The molecule has 4 aliphatic rings. The van der Waals surface area contributed by atoms with Crippen LogP contribution in [0.5, 0.6) is 0 Å². The van der Waals surface area contributed by atoms with E-state index in [9.17, 15) is 9.90 Å². The van der Waals surface area contributed by atoms with Crippen LogP contribution in [0.15, 0.2) is 11.6 Å². The fourth-order valence-corrected chi connectivity index (χ4v) is 7.10. The molecule has 0 heterocycles. The summed E-state index contributed by atoms with van der Waals surface area (Å²) in [6, 6.07) is 0. The molecule has 0 aromatic heterocycles. The third kappa shape index (κ3) is 2.70. The molecule has 0 unspecified atom stereocenters. The number of hydrogen-bond donors (Lipinski definition) is 1. The van der Waals surface area contributed by atoms with Crippen LogP contribution in [0.2, 0.25) is 0 Å². The molecule has 7 atom stereocenters. The van der Waals surface area contributed by atoms with Crippen LogP contribution in [0.1, 0.15) is 65.2 Å². The van der Waals surface area contributed by atoms with E-state index >= 15 is 0 Å². The Morgan fingerprint density at radius 1 is 1.23 bits per heavy atom. The molecule has 0 aliphatic heterocycles. The van der Waals surface area contributed by atoms with Crippen molar-refractivity contribution < 1.29 is 9.90 Å². The topological polar surface area (TPSA) is 37.3 Å². The molecule has 3 heteroatoms. The molecule has 0 spiro atoms. The van der Waals surface area contributed by atoms with Crippen molar-refractivity contribution in [2.24, 2.45) is 34.5 Å². The van der Waals surface area contributed by atoms with Gasteiger partial charge in [-0.05, 0) is 73.2 Å². The van der Waals surface area contributed by atoms with Crippen LogP contribution in [0.4, 0.5) is 0 Å². The Hall–Kier alpha value is -0.780. The predicted molar refractivity (Wildman–Crippen MR) is 105 cm³/mol. The number of aliphatic hydroxyl groups excluding tert-OH is 1. The lowest BCUT2D eigenvalue weighted by atomic mass is 9.46. The summed E-state index contributed by atoms with van der Waals surface area (Å²) in [6.45, 7) is 4.79. The minimum Gasteiger partial charge on any atom is -0.392 e. The van der Waals surface area contributed by atoms with Gasteiger partial charge in [-0.3, -0.25) is 4.79 Å². The van der Waals surface area contributed by atoms with Gasteiger partial charge in [0, 0.05) is 24.6 Å². The maximum absolute atomic E-state index is 11.9. The average molecular weight is 375 g/mol. The first-order valence-corrected chi connectivity index (χ1v) is 10.9. The highest BCUT2D eigenvalue weighted by Gasteiger charge is 2.61. The number of alkyl halides is 1. The molecule has 3 saturated carbocycles. The summed E-state index contributed by atoms with van der Waals surface area (Å²) in [5.41, 5.74) is 1.56. The zero-order chi connectivity index (χ0) is 18.5. The van der Waals surface area contributed by atoms with Gasteiger partial charge in [0.2, 0.25) is 0 Å². The number of halogens is 1. The van der Waals surface area contributed by atoms with Crippen molar-refractivity contribution in [1.29, 1.82) is 0 Å². The lowest BCUT2D eigenvalue weighted by Crippen LogP contribution is -2.55. The highest BCUT2D eigenvalue weighted by atomic mass is 35.5. The molecule has 3 fully saturated rings. The van der Waals surface area contributed by atoms with E-state index in [0.29, 0.717) is 42.4 Å². The Morgan fingerprint density at radius 2 is 2.04 bits per heavy atom. The SMILES string of the molecule is C[C@]12CC[C@H]3[C@@H]([C@@H](O)CC4=CC(=O)CC[C@@]43C)[C@@H]1CC[C@H]2C#CCCCl. The number of fused-ring (bicyclic) bond motifs is 5. The van der Waals surface area contributed by atoms with E-state index < -0.39 is 0 Å². The highest BCUT2D eigenvalue weighted by molar-refractivity contribution is 6.18. The van der Waals surface area contributed by atoms with Gasteiger partial charge in [0.1, 0.15) is 0 Å². The molecule has 26 heavy (non-hydrogen) atoms. The first-order valence-electron chi connectivity index (χ1n) is 10.4. The lowest BCUT2D eigenvalue weighted by molar-refractivity contribution is -0.122. The number of aliphatic hydroxyl groups is 1. The molecule has 4 aliphatic carbocycles. The Labute approximate surface area is 162 Å². The second-order valence-electron chi connectivity index (χ2n) is 9.55. The summed E-state index contributed by atoms with van der Waals surface area (Å²) in [4.78, 5) is 11.9. The van der Waals surface area contributed by atoms with E-state index in [4.69, 9.17) is 11.6 Å². The molecular weight excluding hydrogens is 344 g/mol. The first kappa shape index (κ1) is 18.6. The molecule has 4 rings (SSSR count). The van der Waals surface area contributed by atoms with E-state index in [1.807, 2.05) is 6.08 Å². The van der Waals surface area contributed by atoms with Gasteiger partial charge in [0.25, 0.3) is 0 Å². The molecule has 0 amide bonds. The lowest BCUT2D eigenvalue weighted by Gasteiger charge is -2.59. The third-order valence-corrected chi connectivity index (χ3v) is 8.67. The van der Waals surface area contributed by atoms with Gasteiger partial charge in [-0.2, -0.15) is 0 Å². The summed E-state index contributed by atoms with van der Waals surface area (Å²) in [5, 5.41) is 11.1. The zero-order valence-corrected chi connectivity index (χ0v) is 16.8. The van der Waals surface area contributed by atoms with Gasteiger partial charge in [-0.25, -0.2) is 0 Å². The van der Waals surface area contributed by atoms with Gasteiger partial charge in [0.15, 0.2) is 5.78 Å². The predicted octanol–water partition coefficient (Wildman–Crippen LogP) is 4.74. The molecule has 0 aromatic rings. The minimum absolute atomic E-state index is 0.113. The van der Waals surface area contributed by atoms with E-state index in [-0.39, 0.29) is 22.7 Å². The van der Waals surface area contributed by atoms with Crippen LogP contribution in [0.3, 0.4) is 0 Å². The van der Waals surface area contributed by atoms with Crippen molar-refractivity contribution >= 4 is 17.4 Å². The maximum atomic E-state index is 11.9. The number of hydrogen-bond acceptors (Lipinski definition) is 2. The Morgan fingerprint density at radius 3 is 2.81 bits per heavy atom. The Balaban J connectivity index is 1.64. The average Bonchev–Trinajstić information content (AvgIpc) is 2.93. The van der Waals surface area contributed by atoms with Gasteiger partial charge < -0.3 is 5.11 Å². The minimum atomic E-state index is -0.301. The molecule has 1 N–H and O–H groups in total. The van der Waals surface area contributed by atoms with E-state index in [0.717, 1.165) is 25.7 Å². The summed E-state index contributed by atoms with van der Waals surface area (Å²) < 4.78 is 0. The summed E-state index contributed by atoms with van der Waals surface area (Å²) in [7, 11) is 0. The Kier molecular flexibility index (Phi) is 4.77. The third-order valence-electron chi connectivity index (χ3n) is 8.48. The summed E-state index contributed by atoms with van der Waals surface area (Å²) in [5.74, 6) is 9.55. The standard InChI is InChI=1S/C23H31ClO2/c1-22-11-9-19-21(18(22)7-6-15(22)5-3-4-12-24)20(26)14-16-13-17(25)8-10-23(16,19)2/h13,15,18-21,26H,4,6-12,14H2,1-2H3/t15-,18+,19+,20+,21+,22-,23+/m1/s1. The molecule has 0 aromatic carbocycles. The van der Waals surface area contributed by atoms with Gasteiger partial charge >= 0.3 is 0 Å². The summed E-state index contributed by atoms with van der Waals surface area (Å²) in [6.07, 6.45) is 9.37. The van der Waals surface area contributed by atoms with Crippen LogP contribution >= 0.6 is 11.6 Å². The molecule has 0 bridgehead atoms. The van der Waals surface area contributed by atoms with Crippen molar-refractivity contribution in [3.05, 3.63) is 11.6 Å². The van der Waals surface area contributed by atoms with Gasteiger partial charge in [-0.15, -0.1) is 17.5 Å². The van der Waals surface area contributed by atoms with Crippen LogP contribution < -0.4 is 0 Å². The van der Waals surface area contributed by atoms with Crippen molar-refractivity contribution in [1.82, 2.24) is 0 Å². The summed E-state index contributed by atoms with van der Waals surface area (Å²) >= 11 is 5.80. The van der Waals surface area contributed by atoms with Crippen molar-refractivity contribution in [3.63, 3.8) is 0 Å². The molecule has 142 valence electrons. The van der Waals surface area contributed by atoms with Crippen LogP contribution in [0.25, 0.3) is 0 Å². The molecular formula is C23H31ClO2. The van der Waals surface area contributed by atoms with Gasteiger partial charge in [0.05, 0.1) is 6.10 Å². The van der Waals surface area contributed by atoms with E-state index in [1.165, 1.54) is 18.4 Å². The highest BCUT2D eigenvalue weighted by Crippen LogP contribution is 2.66. The fourth-order valence-electron chi connectivity index (χ4n) is 7.01. The smallest absolute Gasteiger partial charge is 0.155 e. The second kappa shape index (κ2) is 6.68. The molecule has 0 saturated heterocycles. The van der Waals surface area contributed by atoms with Crippen LogP contribution in [-0.2, 0) is 4.79 Å². The largest absolute Gasteiger partial charge is 0.392 e. The number of carbonyl (C=O) groups excluding carboxylic acids is 1. The quantitative estimate of drug-likeness (QED) is 0.531. The van der Waals surface area contributed by atoms with Crippen molar-refractivity contribution in [3.8, 4) is 11.8 Å². The number of ketones is 1. The monoisotopic (exact) mass is 374 g/mol. The van der Waals surface area contributed by atoms with Crippen LogP contribution in [0, 0.1) is 46.3 Å². The van der Waals surface area contributed by atoms with E-state index in [1.54, 1.807) is 0 Å². The fraction of sp³-hybridized carbons (Fsp3) is 0.783. The van der Waals surface area contributed by atoms with Crippen molar-refractivity contribution in [2.75, 3.05) is 5.88 Å². The first-order chi connectivity index (χ1) is 12.4. The molecule has 0 radical (unpaired) electrons. The maximum Gasteiger partial charge on any atom is 0.155 e. The Bertz CT molecular complexity index is 686. The number of rotatable bonds is 1. The normalized spacial score (nSPS) is 47.2. The van der Waals surface area contributed by atoms with Gasteiger partial charge in [-0.1, -0.05) is 25.3 Å². The zero-order valence-electron chi connectivity index (χ0n) is 16.1. The van der Waals surface area contributed by atoms with Crippen molar-refractivity contribution in [2.45, 2.75) is 71.3 Å².